The molecule has 1 atom stereocenters. The Hall–Kier alpha value is -2.64. The Morgan fingerprint density at radius 2 is 1.83 bits per heavy atom. The second-order valence-corrected chi connectivity index (χ2v) is 7.10. The zero-order valence-corrected chi connectivity index (χ0v) is 17.7. The first kappa shape index (κ1) is 22.6. The molecule has 156 valence electrons. The zero-order chi connectivity index (χ0) is 21.6. The van der Waals surface area contributed by atoms with E-state index in [0.29, 0.717) is 29.3 Å². The average Bonchev–Trinajstić information content (AvgIpc) is 2.98. The van der Waals surface area contributed by atoms with Gasteiger partial charge in [0.15, 0.2) is 6.61 Å². The Morgan fingerprint density at radius 1 is 1.17 bits per heavy atom. The van der Waals surface area contributed by atoms with E-state index in [2.05, 4.69) is 5.32 Å². The number of benzene rings is 1. The molecule has 0 spiro atoms. The lowest BCUT2D eigenvalue weighted by molar-refractivity contribution is -0.144. The lowest BCUT2D eigenvalue weighted by atomic mass is 10.1. The first-order chi connectivity index (χ1) is 13.7. The molecule has 0 saturated heterocycles. The number of nitrogens with one attached hydrogen (secondary N) is 1. The molecule has 8 heteroatoms. The highest BCUT2D eigenvalue weighted by Crippen LogP contribution is 2.16. The minimum Gasteiger partial charge on any atom is -0.456 e. The third-order valence-electron chi connectivity index (χ3n) is 4.55. The Balaban J connectivity index is 1.91. The molecule has 1 heterocycles. The number of nitrogens with zero attached hydrogens (tertiary/aromatic N) is 1. The molecule has 0 fully saturated rings. The number of ether oxygens (including phenoxy) is 2. The number of carbonyl (C=O) groups is 3. The van der Waals surface area contributed by atoms with Crippen molar-refractivity contribution in [1.82, 2.24) is 9.88 Å². The topological polar surface area (TPSA) is 86.6 Å². The van der Waals surface area contributed by atoms with Gasteiger partial charge in [0.25, 0.3) is 5.91 Å². The predicted octanol–water partition coefficient (Wildman–Crippen LogP) is 2.95. The predicted molar refractivity (Wildman–Crippen MR) is 109 cm³/mol. The van der Waals surface area contributed by atoms with Gasteiger partial charge in [-0.3, -0.25) is 9.59 Å². The third-order valence-corrected chi connectivity index (χ3v) is 4.80. The maximum absolute atomic E-state index is 12.5. The summed E-state index contributed by atoms with van der Waals surface area (Å²) in [4.78, 5) is 36.8. The summed E-state index contributed by atoms with van der Waals surface area (Å²) in [7, 11) is 1.62. The van der Waals surface area contributed by atoms with Gasteiger partial charge < -0.3 is 19.4 Å². The number of carbonyl (C=O) groups excluding carboxylic acids is 3. The lowest BCUT2D eigenvalue weighted by Gasteiger charge is -2.13. The van der Waals surface area contributed by atoms with Crippen LogP contribution in [0.25, 0.3) is 0 Å². The molecule has 0 aliphatic carbocycles. The summed E-state index contributed by atoms with van der Waals surface area (Å²) in [6, 6.07) is 7.15. The first-order valence-corrected chi connectivity index (χ1v) is 9.54. The van der Waals surface area contributed by atoms with Crippen LogP contribution in [0.5, 0.6) is 0 Å². The SMILES string of the molecule is COCCn1c(C)cc(C(=O)COC(=O)[C@H](C)NC(=O)c2ccc(Cl)cc2)c1C. The van der Waals surface area contributed by atoms with Crippen molar-refractivity contribution in [2.75, 3.05) is 20.3 Å². The van der Waals surface area contributed by atoms with Gasteiger partial charge in [0.05, 0.1) is 6.61 Å². The van der Waals surface area contributed by atoms with E-state index in [4.69, 9.17) is 21.1 Å². The largest absolute Gasteiger partial charge is 0.456 e. The summed E-state index contributed by atoms with van der Waals surface area (Å²) in [6.45, 7) is 6.01. The van der Waals surface area contributed by atoms with E-state index < -0.39 is 24.5 Å². The second-order valence-electron chi connectivity index (χ2n) is 6.66. The molecular weight excluding hydrogens is 396 g/mol. The van der Waals surface area contributed by atoms with E-state index in [0.717, 1.165) is 11.4 Å². The Kier molecular flexibility index (Phi) is 7.99. The van der Waals surface area contributed by atoms with Crippen molar-refractivity contribution in [3.05, 3.63) is 57.9 Å². The first-order valence-electron chi connectivity index (χ1n) is 9.16. The number of ketones is 1. The molecule has 29 heavy (non-hydrogen) atoms. The maximum atomic E-state index is 12.5. The maximum Gasteiger partial charge on any atom is 0.328 e. The minimum atomic E-state index is -0.903. The Morgan fingerprint density at radius 3 is 2.45 bits per heavy atom. The van der Waals surface area contributed by atoms with Gasteiger partial charge >= 0.3 is 5.97 Å². The van der Waals surface area contributed by atoms with Crippen molar-refractivity contribution < 1.29 is 23.9 Å². The number of methoxy groups -OCH3 is 1. The van der Waals surface area contributed by atoms with Crippen molar-refractivity contribution in [2.24, 2.45) is 0 Å². The van der Waals surface area contributed by atoms with Crippen LogP contribution in [0.3, 0.4) is 0 Å². The van der Waals surface area contributed by atoms with Gasteiger partial charge in [0.1, 0.15) is 6.04 Å². The monoisotopic (exact) mass is 420 g/mol. The van der Waals surface area contributed by atoms with Crippen molar-refractivity contribution in [2.45, 2.75) is 33.4 Å². The number of aromatic nitrogens is 1. The summed E-state index contributed by atoms with van der Waals surface area (Å²) < 4.78 is 12.2. The zero-order valence-electron chi connectivity index (χ0n) is 17.0. The van der Waals surface area contributed by atoms with Gasteiger partial charge in [0, 0.05) is 41.2 Å². The fraction of sp³-hybridized carbons (Fsp3) is 0.381. The molecular formula is C21H25ClN2O5. The highest BCUT2D eigenvalue weighted by Gasteiger charge is 2.21. The normalized spacial score (nSPS) is 11.8. The van der Waals surface area contributed by atoms with E-state index in [9.17, 15) is 14.4 Å². The Bertz CT molecular complexity index is 889. The van der Waals surface area contributed by atoms with Crippen LogP contribution in [0.2, 0.25) is 5.02 Å². The van der Waals surface area contributed by atoms with Crippen LogP contribution in [-0.2, 0) is 20.8 Å². The van der Waals surface area contributed by atoms with Crippen LogP contribution in [0.15, 0.2) is 30.3 Å². The fourth-order valence-electron chi connectivity index (χ4n) is 2.89. The average molecular weight is 421 g/mol. The number of amides is 1. The van der Waals surface area contributed by atoms with Gasteiger partial charge in [-0.05, 0) is 51.1 Å². The number of halogens is 1. The summed E-state index contributed by atoms with van der Waals surface area (Å²) in [5.41, 5.74) is 2.60. The molecule has 1 N–H and O–H groups in total. The lowest BCUT2D eigenvalue weighted by Crippen LogP contribution is -2.40. The summed E-state index contributed by atoms with van der Waals surface area (Å²) >= 11 is 5.80. The summed E-state index contributed by atoms with van der Waals surface area (Å²) in [5.74, 6) is -1.42. The molecule has 0 saturated carbocycles. The van der Waals surface area contributed by atoms with Crippen molar-refractivity contribution in [1.29, 1.82) is 0 Å². The standard InChI is InChI=1S/C21H25ClN2O5/c1-13-11-18(15(3)24(13)9-10-28-4)19(25)12-29-21(27)14(2)23-20(26)16-5-7-17(22)8-6-16/h5-8,11,14H,9-10,12H2,1-4H3,(H,23,26)/t14-/m0/s1. The Labute approximate surface area is 174 Å². The third kappa shape index (κ3) is 5.92. The van der Waals surface area contributed by atoms with Gasteiger partial charge in [0.2, 0.25) is 5.78 Å². The number of Topliss-reactive ketones (excluding diaryl/α,β-unsaturated/α-hetero) is 1. The molecule has 2 rings (SSSR count). The summed E-state index contributed by atoms with van der Waals surface area (Å²) in [5, 5.41) is 3.05. The van der Waals surface area contributed by atoms with Crippen LogP contribution in [0.4, 0.5) is 0 Å². The van der Waals surface area contributed by atoms with Crippen molar-refractivity contribution >= 4 is 29.3 Å². The number of esters is 1. The van der Waals surface area contributed by atoms with Gasteiger partial charge in [-0.15, -0.1) is 0 Å². The summed E-state index contributed by atoms with van der Waals surface area (Å²) in [6.07, 6.45) is 0. The fourth-order valence-corrected chi connectivity index (χ4v) is 3.02. The molecule has 1 aromatic carbocycles. The number of rotatable bonds is 9. The van der Waals surface area contributed by atoms with E-state index in [1.54, 1.807) is 37.4 Å². The van der Waals surface area contributed by atoms with Crippen LogP contribution >= 0.6 is 11.6 Å². The molecule has 0 unspecified atom stereocenters. The smallest absolute Gasteiger partial charge is 0.328 e. The molecule has 0 aliphatic rings. The van der Waals surface area contributed by atoms with Crippen LogP contribution in [0.1, 0.15) is 39.0 Å². The van der Waals surface area contributed by atoms with Gasteiger partial charge in [-0.2, -0.15) is 0 Å². The van der Waals surface area contributed by atoms with Crippen LogP contribution in [0, 0.1) is 13.8 Å². The number of aryl methyl sites for hydroxylation is 1. The van der Waals surface area contributed by atoms with E-state index in [-0.39, 0.29) is 5.78 Å². The molecule has 1 aromatic heterocycles. The van der Waals surface area contributed by atoms with E-state index in [1.807, 2.05) is 18.4 Å². The van der Waals surface area contributed by atoms with Crippen molar-refractivity contribution in [3.8, 4) is 0 Å². The number of hydrogen-bond donors (Lipinski definition) is 1. The molecule has 0 aliphatic heterocycles. The van der Waals surface area contributed by atoms with Crippen LogP contribution < -0.4 is 5.32 Å². The molecule has 7 nitrogen and oxygen atoms in total. The highest BCUT2D eigenvalue weighted by atomic mass is 35.5. The molecule has 0 radical (unpaired) electrons. The second kappa shape index (κ2) is 10.2. The van der Waals surface area contributed by atoms with Gasteiger partial charge in [-0.25, -0.2) is 4.79 Å². The van der Waals surface area contributed by atoms with Crippen molar-refractivity contribution in [3.63, 3.8) is 0 Å². The molecule has 0 bridgehead atoms. The quantitative estimate of drug-likeness (QED) is 0.498. The van der Waals surface area contributed by atoms with E-state index in [1.165, 1.54) is 6.92 Å². The minimum absolute atomic E-state index is 0.300. The highest BCUT2D eigenvalue weighted by molar-refractivity contribution is 6.30. The molecule has 1 amide bonds. The van der Waals surface area contributed by atoms with E-state index >= 15 is 0 Å². The van der Waals surface area contributed by atoms with Crippen LogP contribution in [-0.4, -0.2) is 48.6 Å². The molecule has 2 aromatic rings. The number of hydrogen-bond acceptors (Lipinski definition) is 5. The van der Waals surface area contributed by atoms with Gasteiger partial charge in [-0.1, -0.05) is 11.6 Å².